The molecule has 1 aromatic carbocycles. The number of amides is 1. The molecule has 9 heteroatoms. The zero-order chi connectivity index (χ0) is 22.6. The van der Waals surface area contributed by atoms with Crippen LogP contribution in [-0.2, 0) is 10.2 Å². The summed E-state index contributed by atoms with van der Waals surface area (Å²) in [6.07, 6.45) is -2.77. The molecule has 31 heavy (non-hydrogen) atoms. The standard InChI is InChI=1S/C22H26F3N3O3/c1-13-4-6-15(7-5-13)17-26-27-18(31-17)21(9-10-21)16-8-11-28(12-14(16)2)19(29)20(3,30)22(23,24)25/h4-7,14,16,30H,8-12H2,1-3H3/t14-,16?,20?/m1/s1. The van der Waals surface area contributed by atoms with Gasteiger partial charge in [-0.25, -0.2) is 0 Å². The van der Waals surface area contributed by atoms with Crippen molar-refractivity contribution in [2.24, 2.45) is 11.8 Å². The molecule has 1 saturated carbocycles. The van der Waals surface area contributed by atoms with E-state index < -0.39 is 17.7 Å². The molecule has 1 aliphatic heterocycles. The van der Waals surface area contributed by atoms with Gasteiger partial charge in [0, 0.05) is 18.7 Å². The van der Waals surface area contributed by atoms with Gasteiger partial charge in [-0.15, -0.1) is 10.2 Å². The van der Waals surface area contributed by atoms with Gasteiger partial charge in [0.25, 0.3) is 5.91 Å². The van der Waals surface area contributed by atoms with Crippen LogP contribution < -0.4 is 0 Å². The molecule has 2 aromatic rings. The lowest BCUT2D eigenvalue weighted by Gasteiger charge is -2.42. The quantitative estimate of drug-likeness (QED) is 0.786. The van der Waals surface area contributed by atoms with E-state index in [0.29, 0.717) is 25.1 Å². The van der Waals surface area contributed by atoms with Gasteiger partial charge in [-0.3, -0.25) is 4.79 Å². The Morgan fingerprint density at radius 3 is 2.42 bits per heavy atom. The number of rotatable bonds is 4. The summed E-state index contributed by atoms with van der Waals surface area (Å²) in [6.45, 7) is 4.73. The SMILES string of the molecule is Cc1ccc(-c2nnc(C3(C4CCN(C(=O)C(C)(O)C(F)(F)F)C[C@H]4C)CC3)o2)cc1. The molecule has 4 rings (SSSR count). The molecule has 2 unspecified atom stereocenters. The van der Waals surface area contributed by atoms with Gasteiger partial charge in [-0.05, 0) is 57.1 Å². The summed E-state index contributed by atoms with van der Waals surface area (Å²) in [6, 6.07) is 7.78. The number of aryl methyl sites for hydroxylation is 1. The lowest BCUT2D eigenvalue weighted by molar-refractivity contribution is -0.251. The molecule has 1 aliphatic carbocycles. The predicted octanol–water partition coefficient (Wildman–Crippen LogP) is 3.87. The number of carbonyl (C=O) groups is 1. The van der Waals surface area contributed by atoms with E-state index in [1.807, 2.05) is 38.1 Å². The topological polar surface area (TPSA) is 79.5 Å². The minimum Gasteiger partial charge on any atom is -0.420 e. The summed E-state index contributed by atoms with van der Waals surface area (Å²) < 4.78 is 45.2. The number of aliphatic hydroxyl groups is 1. The fraction of sp³-hybridized carbons (Fsp3) is 0.591. The zero-order valence-electron chi connectivity index (χ0n) is 17.7. The highest BCUT2D eigenvalue weighted by Crippen LogP contribution is 2.58. The van der Waals surface area contributed by atoms with Crippen LogP contribution in [0.4, 0.5) is 13.2 Å². The number of hydrogen-bond donors (Lipinski definition) is 1. The van der Waals surface area contributed by atoms with Crippen molar-refractivity contribution in [1.82, 2.24) is 15.1 Å². The number of nitrogens with zero attached hydrogens (tertiary/aromatic N) is 3. The van der Waals surface area contributed by atoms with Crippen LogP contribution in [0.15, 0.2) is 28.7 Å². The van der Waals surface area contributed by atoms with Crippen LogP contribution >= 0.6 is 0 Å². The third-order valence-corrected chi connectivity index (χ3v) is 6.81. The highest BCUT2D eigenvalue weighted by molar-refractivity contribution is 5.85. The van der Waals surface area contributed by atoms with Crippen LogP contribution in [0.5, 0.6) is 0 Å². The van der Waals surface area contributed by atoms with E-state index in [-0.39, 0.29) is 30.3 Å². The lowest BCUT2D eigenvalue weighted by atomic mass is 9.74. The molecule has 2 heterocycles. The number of piperidine rings is 1. The predicted molar refractivity (Wildman–Crippen MR) is 106 cm³/mol. The van der Waals surface area contributed by atoms with Crippen molar-refractivity contribution in [2.45, 2.75) is 57.2 Å². The first kappa shape index (κ1) is 21.8. The first-order valence-corrected chi connectivity index (χ1v) is 10.5. The smallest absolute Gasteiger partial charge is 0.420 e. The first-order chi connectivity index (χ1) is 14.5. The Labute approximate surface area is 178 Å². The first-order valence-electron chi connectivity index (χ1n) is 10.5. The second-order valence-electron chi connectivity index (χ2n) is 9.13. The Bertz CT molecular complexity index is 964. The Hall–Kier alpha value is -2.42. The molecule has 168 valence electrons. The van der Waals surface area contributed by atoms with E-state index in [9.17, 15) is 23.1 Å². The van der Waals surface area contributed by atoms with Crippen molar-refractivity contribution >= 4 is 5.91 Å². The molecule has 1 aromatic heterocycles. The Morgan fingerprint density at radius 1 is 1.23 bits per heavy atom. The van der Waals surface area contributed by atoms with Crippen LogP contribution in [0.3, 0.4) is 0 Å². The maximum absolute atomic E-state index is 13.1. The monoisotopic (exact) mass is 437 g/mol. The summed E-state index contributed by atoms with van der Waals surface area (Å²) >= 11 is 0. The Balaban J connectivity index is 1.49. The van der Waals surface area contributed by atoms with Gasteiger partial charge in [-0.1, -0.05) is 24.6 Å². The van der Waals surface area contributed by atoms with Crippen LogP contribution in [0.1, 0.15) is 44.6 Å². The maximum Gasteiger partial charge on any atom is 0.426 e. The number of hydrogen-bond acceptors (Lipinski definition) is 5. The number of halogens is 3. The number of carbonyl (C=O) groups excluding carboxylic acids is 1. The van der Waals surface area contributed by atoms with Gasteiger partial charge in [0.2, 0.25) is 17.4 Å². The average molecular weight is 437 g/mol. The van der Waals surface area contributed by atoms with Crippen LogP contribution in [0.2, 0.25) is 0 Å². The summed E-state index contributed by atoms with van der Waals surface area (Å²) in [5.74, 6) is -0.253. The maximum atomic E-state index is 13.1. The minimum absolute atomic E-state index is 0.0704. The van der Waals surface area contributed by atoms with Gasteiger partial charge < -0.3 is 14.4 Å². The van der Waals surface area contributed by atoms with Gasteiger partial charge >= 0.3 is 6.18 Å². The largest absolute Gasteiger partial charge is 0.426 e. The molecule has 1 amide bonds. The molecule has 1 N–H and O–H groups in total. The summed E-state index contributed by atoms with van der Waals surface area (Å²) in [5, 5.41) is 18.3. The average Bonchev–Trinajstić information content (AvgIpc) is 3.35. The van der Waals surface area contributed by atoms with Crippen molar-refractivity contribution in [3.8, 4) is 11.5 Å². The number of benzene rings is 1. The van der Waals surface area contributed by atoms with E-state index in [1.54, 1.807) is 0 Å². The third kappa shape index (κ3) is 3.73. The molecular weight excluding hydrogens is 411 g/mol. The minimum atomic E-state index is -5.02. The molecule has 0 bridgehead atoms. The molecular formula is C22H26F3N3O3. The van der Waals surface area contributed by atoms with E-state index >= 15 is 0 Å². The highest BCUT2D eigenvalue weighted by Gasteiger charge is 2.60. The van der Waals surface area contributed by atoms with Crippen LogP contribution in [0, 0.1) is 18.8 Å². The molecule has 0 radical (unpaired) electrons. The van der Waals surface area contributed by atoms with Crippen molar-refractivity contribution in [3.63, 3.8) is 0 Å². The Kier molecular flexibility index (Phi) is 5.15. The summed E-state index contributed by atoms with van der Waals surface area (Å²) in [4.78, 5) is 13.5. The normalized spacial score (nSPS) is 25.2. The molecule has 3 atom stereocenters. The van der Waals surface area contributed by atoms with Crippen molar-refractivity contribution in [1.29, 1.82) is 0 Å². The van der Waals surface area contributed by atoms with Crippen molar-refractivity contribution in [3.05, 3.63) is 35.7 Å². The highest BCUT2D eigenvalue weighted by atomic mass is 19.4. The molecule has 0 spiro atoms. The summed E-state index contributed by atoms with van der Waals surface area (Å²) in [7, 11) is 0. The number of alkyl halides is 3. The summed E-state index contributed by atoms with van der Waals surface area (Å²) in [5.41, 5.74) is -1.71. The van der Waals surface area contributed by atoms with Gasteiger partial charge in [0.1, 0.15) is 0 Å². The zero-order valence-corrected chi connectivity index (χ0v) is 17.7. The van der Waals surface area contributed by atoms with Crippen LogP contribution in [-0.4, -0.2) is 51.0 Å². The Morgan fingerprint density at radius 2 is 1.87 bits per heavy atom. The van der Waals surface area contributed by atoms with Crippen molar-refractivity contribution < 1.29 is 27.5 Å². The molecule has 1 saturated heterocycles. The third-order valence-electron chi connectivity index (χ3n) is 6.81. The van der Waals surface area contributed by atoms with E-state index in [4.69, 9.17) is 4.42 Å². The molecule has 6 nitrogen and oxygen atoms in total. The number of likely N-dealkylation sites (tertiary alicyclic amines) is 1. The van der Waals surface area contributed by atoms with Gasteiger partial charge in [-0.2, -0.15) is 13.2 Å². The van der Waals surface area contributed by atoms with E-state index in [1.165, 1.54) is 0 Å². The lowest BCUT2D eigenvalue weighted by Crippen LogP contribution is -2.58. The fourth-order valence-corrected chi connectivity index (χ4v) is 4.70. The van der Waals surface area contributed by atoms with Crippen molar-refractivity contribution in [2.75, 3.05) is 13.1 Å². The number of aromatic nitrogens is 2. The second-order valence-corrected chi connectivity index (χ2v) is 9.13. The van der Waals surface area contributed by atoms with E-state index in [0.717, 1.165) is 28.9 Å². The van der Waals surface area contributed by atoms with E-state index in [2.05, 4.69) is 10.2 Å². The second kappa shape index (κ2) is 7.32. The van der Waals surface area contributed by atoms with Gasteiger partial charge in [0.05, 0.1) is 5.41 Å². The molecule has 2 aliphatic rings. The van der Waals surface area contributed by atoms with Gasteiger partial charge in [0.15, 0.2) is 0 Å². The van der Waals surface area contributed by atoms with Crippen LogP contribution in [0.25, 0.3) is 11.5 Å². The fourth-order valence-electron chi connectivity index (χ4n) is 4.70. The molecule has 2 fully saturated rings.